The van der Waals surface area contributed by atoms with Gasteiger partial charge in [0.05, 0.1) is 11.1 Å². The smallest absolute Gasteiger partial charge is 0.417 e. The van der Waals surface area contributed by atoms with Crippen LogP contribution in [0.25, 0.3) is 0 Å². The maximum Gasteiger partial charge on any atom is 0.417 e. The van der Waals surface area contributed by atoms with Gasteiger partial charge in [0, 0.05) is 56.4 Å². The number of cyclic esters (lactones) is 1. The topological polar surface area (TPSA) is 71.9 Å². The van der Waals surface area contributed by atoms with Gasteiger partial charge >= 0.3 is 12.1 Å². The summed E-state index contributed by atoms with van der Waals surface area (Å²) in [4.78, 5) is 16.5. The Balaban J connectivity index is 0.00000136. The van der Waals surface area contributed by atoms with Crippen molar-refractivity contribution >= 4 is 23.6 Å². The number of rotatable bonds is 12. The lowest BCUT2D eigenvalue weighted by atomic mass is 9.97. The third-order valence-corrected chi connectivity index (χ3v) is 8.29. The van der Waals surface area contributed by atoms with Crippen LogP contribution in [0.3, 0.4) is 0 Å². The molecule has 0 fully saturated rings. The summed E-state index contributed by atoms with van der Waals surface area (Å²) in [5.41, 5.74) is 2.44. The molecule has 2 aromatic carbocycles. The first-order valence-electron chi connectivity index (χ1n) is 18.6. The molecule has 0 bridgehead atoms. The van der Waals surface area contributed by atoms with Crippen LogP contribution < -0.4 is 4.31 Å². The van der Waals surface area contributed by atoms with Gasteiger partial charge in [0.15, 0.2) is 0 Å². The number of ether oxygens (including phenoxy) is 2. The lowest BCUT2D eigenvalue weighted by molar-refractivity contribution is -0.147. The number of esters is 1. The Morgan fingerprint density at radius 3 is 2.06 bits per heavy atom. The van der Waals surface area contributed by atoms with Crippen molar-refractivity contribution in [2.24, 2.45) is 0 Å². The first-order valence-corrected chi connectivity index (χ1v) is 19.4. The number of hydrogen-bond donors (Lipinski definition) is 1. The van der Waals surface area contributed by atoms with E-state index in [1.165, 1.54) is 36.4 Å². The lowest BCUT2D eigenvalue weighted by Crippen LogP contribution is -2.28. The Labute approximate surface area is 316 Å². The van der Waals surface area contributed by atoms with Crippen LogP contribution in [0.5, 0.6) is 0 Å². The number of methoxy groups -OCH3 is 1. The summed E-state index contributed by atoms with van der Waals surface area (Å²) >= 11 is 1.23. The molecule has 0 saturated carbocycles. The zero-order chi connectivity index (χ0) is 39.5. The zero-order valence-corrected chi connectivity index (χ0v) is 33.9. The predicted octanol–water partition coefficient (Wildman–Crippen LogP) is 12.6. The van der Waals surface area contributed by atoms with E-state index in [4.69, 9.17) is 9.47 Å². The first kappa shape index (κ1) is 48.5. The second kappa shape index (κ2) is 28.1. The second-order valence-electron chi connectivity index (χ2n) is 12.0. The van der Waals surface area contributed by atoms with Gasteiger partial charge in [-0.2, -0.15) is 13.2 Å². The van der Waals surface area contributed by atoms with Crippen LogP contribution in [0.15, 0.2) is 89.3 Å². The van der Waals surface area contributed by atoms with Gasteiger partial charge in [-0.05, 0) is 61.6 Å². The first-order chi connectivity index (χ1) is 24.9. The minimum absolute atomic E-state index is 0.0450. The molecule has 1 aliphatic rings. The Bertz CT molecular complexity index is 1380. The van der Waals surface area contributed by atoms with Crippen LogP contribution >= 0.6 is 11.9 Å². The number of benzene rings is 2. The van der Waals surface area contributed by atoms with Gasteiger partial charge in [-0.25, -0.2) is 9.78 Å². The monoisotopic (exact) mass is 748 g/mol. The summed E-state index contributed by atoms with van der Waals surface area (Å²) in [5.74, 6) is -0.444. The van der Waals surface area contributed by atoms with Crippen LogP contribution in [0.2, 0.25) is 0 Å². The number of halogens is 3. The quantitative estimate of drug-likeness (QED) is 0.146. The van der Waals surface area contributed by atoms with Gasteiger partial charge in [-0.3, -0.25) is 0 Å². The van der Waals surface area contributed by atoms with E-state index in [1.54, 1.807) is 7.11 Å². The molecule has 1 N–H and O–H groups in total. The van der Waals surface area contributed by atoms with Crippen LogP contribution in [0, 0.1) is 0 Å². The number of nitrogens with zero attached hydrogens (tertiary/aromatic N) is 2. The van der Waals surface area contributed by atoms with Gasteiger partial charge in [0.2, 0.25) is 0 Å². The molecule has 2 heterocycles. The predicted molar refractivity (Wildman–Crippen MR) is 212 cm³/mol. The molecular formula is C42H63F3N2O4S. The number of aliphatic hydroxyl groups excluding tert-OH is 1. The highest BCUT2D eigenvalue weighted by atomic mass is 32.2. The summed E-state index contributed by atoms with van der Waals surface area (Å²) < 4.78 is 51.5. The number of anilines is 1. The fourth-order valence-electron chi connectivity index (χ4n) is 4.60. The highest BCUT2D eigenvalue weighted by Gasteiger charge is 2.31. The van der Waals surface area contributed by atoms with E-state index in [9.17, 15) is 23.1 Å². The molecule has 6 nitrogen and oxygen atoms in total. The molecule has 10 heteroatoms. The number of hydrogen-bond acceptors (Lipinski definition) is 7. The van der Waals surface area contributed by atoms with Gasteiger partial charge < -0.3 is 18.9 Å². The summed E-state index contributed by atoms with van der Waals surface area (Å²) in [6.45, 7) is 19.1. The second-order valence-corrected chi connectivity index (χ2v) is 13.0. The normalized spacial score (nSPS) is 14.1. The van der Waals surface area contributed by atoms with Crippen molar-refractivity contribution < 1.29 is 32.5 Å². The number of aliphatic hydroxyl groups is 1. The van der Waals surface area contributed by atoms with E-state index < -0.39 is 17.7 Å². The molecule has 1 aromatic heterocycles. The van der Waals surface area contributed by atoms with Crippen molar-refractivity contribution in [2.75, 3.05) is 18.0 Å². The highest BCUT2D eigenvalue weighted by molar-refractivity contribution is 8.00. The van der Waals surface area contributed by atoms with E-state index in [-0.39, 0.29) is 29.9 Å². The average Bonchev–Trinajstić information content (AvgIpc) is 3.13. The molecule has 3 aromatic rings. The molecule has 0 aliphatic carbocycles. The third kappa shape index (κ3) is 18.8. The van der Waals surface area contributed by atoms with Gasteiger partial charge in [0.1, 0.15) is 16.9 Å². The third-order valence-electron chi connectivity index (χ3n) is 7.09. The van der Waals surface area contributed by atoms with Crippen molar-refractivity contribution in [1.29, 1.82) is 0 Å². The number of aryl methyl sites for hydroxylation is 1. The van der Waals surface area contributed by atoms with Crippen LogP contribution in [-0.4, -0.2) is 41.9 Å². The van der Waals surface area contributed by atoms with Crippen molar-refractivity contribution in [1.82, 2.24) is 4.98 Å². The minimum atomic E-state index is -4.45. The van der Waals surface area contributed by atoms with Gasteiger partial charge in [0.25, 0.3) is 0 Å². The summed E-state index contributed by atoms with van der Waals surface area (Å²) in [5, 5.41) is 10.9. The SMILES string of the molecule is CC.CCC.CCC.CCCC1CC(O)=C(Cc2cccc(N(Sc3ccc(C(F)(F)F)cn3)C(C)CCOC)c2)C(=O)O1.CCc1ccccc1. The number of pyridine rings is 1. The van der Waals surface area contributed by atoms with Gasteiger partial charge in [-0.1, -0.05) is 117 Å². The lowest BCUT2D eigenvalue weighted by Gasteiger charge is -2.30. The Hall–Kier alpha value is -3.50. The van der Waals surface area contributed by atoms with Crippen LogP contribution in [-0.2, 0) is 33.3 Å². The van der Waals surface area contributed by atoms with E-state index in [1.807, 2.05) is 62.3 Å². The molecule has 1 aliphatic heterocycles. The molecule has 0 saturated heterocycles. The number of carbonyl (C=O) groups excluding carboxylic acids is 1. The molecule has 2 atom stereocenters. The molecule has 52 heavy (non-hydrogen) atoms. The van der Waals surface area contributed by atoms with E-state index in [2.05, 4.69) is 63.9 Å². The number of carbonyl (C=O) groups is 1. The molecule has 0 amide bonds. The summed E-state index contributed by atoms with van der Waals surface area (Å²) in [7, 11) is 1.61. The van der Waals surface area contributed by atoms with Crippen LogP contribution in [0.4, 0.5) is 18.9 Å². The van der Waals surface area contributed by atoms with E-state index >= 15 is 0 Å². The molecule has 292 valence electrons. The average molecular weight is 749 g/mol. The zero-order valence-electron chi connectivity index (χ0n) is 33.1. The van der Waals surface area contributed by atoms with Crippen molar-refractivity contribution in [3.8, 4) is 0 Å². The Morgan fingerprint density at radius 2 is 1.58 bits per heavy atom. The molecule has 2 unspecified atom stereocenters. The molecular weight excluding hydrogens is 686 g/mol. The van der Waals surface area contributed by atoms with Crippen molar-refractivity contribution in [2.45, 2.75) is 137 Å². The maximum atomic E-state index is 12.9. The van der Waals surface area contributed by atoms with E-state index in [0.29, 0.717) is 30.9 Å². The summed E-state index contributed by atoms with van der Waals surface area (Å²) in [6, 6.07) is 20.2. The van der Waals surface area contributed by atoms with E-state index in [0.717, 1.165) is 36.4 Å². The Morgan fingerprint density at radius 1 is 0.962 bits per heavy atom. The molecule has 4 rings (SSSR count). The van der Waals surface area contributed by atoms with Gasteiger partial charge in [-0.15, -0.1) is 0 Å². The molecule has 0 spiro atoms. The minimum Gasteiger partial charge on any atom is -0.512 e. The molecule has 0 radical (unpaired) electrons. The fourth-order valence-corrected chi connectivity index (χ4v) is 5.54. The maximum absolute atomic E-state index is 12.9. The Kier molecular flexibility index (Phi) is 26.2. The van der Waals surface area contributed by atoms with Crippen molar-refractivity contribution in [3.05, 3.63) is 101 Å². The number of aromatic nitrogens is 1. The fraction of sp³-hybridized carbons (Fsp3) is 0.524. The van der Waals surface area contributed by atoms with Crippen molar-refractivity contribution in [3.63, 3.8) is 0 Å². The summed E-state index contributed by atoms with van der Waals surface area (Å²) in [6.07, 6.45) is 2.45. The largest absolute Gasteiger partial charge is 0.512 e. The standard InChI is InChI=1S/C26H31F3N2O4S.C8H10.2C3H8.C2H6/c1-4-6-21-15-23(32)22(25(33)35-21)14-18-7-5-8-20(13-18)31(17(2)11-12-34-3)36-24-10-9-19(16-30-24)26(27,28)29;1-2-8-6-4-3-5-7-8;2*1-3-2;1-2/h5,7-10,13,16-17,21,32H,4,6,11-12,14-15H2,1-3H3;3-7H,2H2,1H3;2*3H2,1-2H3;1-2H3. The van der Waals surface area contributed by atoms with Crippen LogP contribution in [0.1, 0.15) is 118 Å². The number of alkyl halides is 3. The highest BCUT2D eigenvalue weighted by Crippen LogP contribution is 2.35.